The Bertz CT molecular complexity index is 871. The van der Waals surface area contributed by atoms with Crippen molar-refractivity contribution in [3.63, 3.8) is 0 Å². The zero-order valence-corrected chi connectivity index (χ0v) is 13.6. The van der Waals surface area contributed by atoms with Crippen molar-refractivity contribution < 1.29 is 18.8 Å². The van der Waals surface area contributed by atoms with Gasteiger partial charge in [-0.25, -0.2) is 9.18 Å². The third kappa shape index (κ3) is 4.03. The van der Waals surface area contributed by atoms with Crippen LogP contribution in [0.1, 0.15) is 27.4 Å². The number of carboxylic acid groups (broad SMARTS) is 1. The Labute approximate surface area is 144 Å². The lowest BCUT2D eigenvalue weighted by Crippen LogP contribution is -2.02. The first-order valence-electron chi connectivity index (χ1n) is 7.83. The third-order valence-corrected chi connectivity index (χ3v) is 3.90. The number of hydrogen-bond donors (Lipinski definition) is 2. The molecule has 2 N–H and O–H groups in total. The number of carbonyl (C=O) groups is 1. The molecular formula is C19H17FN2O3. The highest BCUT2D eigenvalue weighted by Gasteiger charge is 2.19. The fraction of sp³-hybridized carbons (Fsp3) is 0.158. The van der Waals surface area contributed by atoms with E-state index >= 15 is 0 Å². The molecule has 25 heavy (non-hydrogen) atoms. The molecule has 0 spiro atoms. The molecule has 6 heteroatoms. The van der Waals surface area contributed by atoms with Gasteiger partial charge >= 0.3 is 5.97 Å². The Kier molecular flexibility index (Phi) is 4.79. The van der Waals surface area contributed by atoms with Crippen LogP contribution in [0.3, 0.4) is 0 Å². The molecule has 1 heterocycles. The van der Waals surface area contributed by atoms with Gasteiger partial charge in [-0.15, -0.1) is 0 Å². The Balaban J connectivity index is 1.65. The van der Waals surface area contributed by atoms with Crippen LogP contribution in [0, 0.1) is 12.7 Å². The Hall–Kier alpha value is -3.15. The Morgan fingerprint density at radius 3 is 2.20 bits per heavy atom. The van der Waals surface area contributed by atoms with E-state index in [-0.39, 0.29) is 11.5 Å². The standard InChI is InChI=1S/C19H17FN2O3/c1-12-17(18(19(23)24)22-25-12)21-16-10-6-14(7-11-16)3-2-13-4-8-15(20)9-5-13/h4-11,21H,2-3H2,1H3,(H,23,24). The van der Waals surface area contributed by atoms with Crippen molar-refractivity contribution in [1.82, 2.24) is 5.16 Å². The van der Waals surface area contributed by atoms with Crippen molar-refractivity contribution in [2.75, 3.05) is 5.32 Å². The molecule has 0 aliphatic carbocycles. The molecule has 0 aliphatic heterocycles. The van der Waals surface area contributed by atoms with Crippen molar-refractivity contribution in [3.05, 3.63) is 76.9 Å². The summed E-state index contributed by atoms with van der Waals surface area (Å²) in [7, 11) is 0. The molecule has 0 saturated carbocycles. The second kappa shape index (κ2) is 7.17. The second-order valence-electron chi connectivity index (χ2n) is 5.72. The third-order valence-electron chi connectivity index (χ3n) is 3.90. The van der Waals surface area contributed by atoms with Gasteiger partial charge in [0.15, 0.2) is 5.76 Å². The summed E-state index contributed by atoms with van der Waals surface area (Å²) in [6.45, 7) is 1.65. The summed E-state index contributed by atoms with van der Waals surface area (Å²) in [6.07, 6.45) is 1.65. The fourth-order valence-corrected chi connectivity index (χ4v) is 2.50. The van der Waals surface area contributed by atoms with Gasteiger partial charge in [-0.3, -0.25) is 0 Å². The van der Waals surface area contributed by atoms with E-state index in [1.54, 1.807) is 19.1 Å². The minimum absolute atomic E-state index is 0.141. The van der Waals surface area contributed by atoms with Crippen LogP contribution in [0.4, 0.5) is 15.8 Å². The van der Waals surface area contributed by atoms with Gasteiger partial charge in [-0.1, -0.05) is 29.4 Å². The summed E-state index contributed by atoms with van der Waals surface area (Å²) in [5.41, 5.74) is 3.17. The first kappa shape index (κ1) is 16.7. The quantitative estimate of drug-likeness (QED) is 0.698. The van der Waals surface area contributed by atoms with Gasteiger partial charge < -0.3 is 14.9 Å². The van der Waals surface area contributed by atoms with E-state index in [9.17, 15) is 9.18 Å². The zero-order valence-electron chi connectivity index (χ0n) is 13.6. The number of carboxylic acids is 1. The van der Waals surface area contributed by atoms with Crippen LogP contribution in [0.25, 0.3) is 0 Å². The molecule has 3 rings (SSSR count). The number of nitrogens with one attached hydrogen (secondary N) is 1. The second-order valence-corrected chi connectivity index (χ2v) is 5.72. The summed E-state index contributed by atoms with van der Waals surface area (Å²) < 4.78 is 17.8. The molecule has 0 aliphatic rings. The molecule has 2 aromatic carbocycles. The number of rotatable bonds is 6. The molecule has 128 valence electrons. The fourth-order valence-electron chi connectivity index (χ4n) is 2.50. The Morgan fingerprint density at radius 1 is 1.08 bits per heavy atom. The van der Waals surface area contributed by atoms with Crippen LogP contribution >= 0.6 is 0 Å². The van der Waals surface area contributed by atoms with E-state index < -0.39 is 5.97 Å². The molecule has 3 aromatic rings. The molecule has 5 nitrogen and oxygen atoms in total. The number of halogens is 1. The van der Waals surface area contributed by atoms with Gasteiger partial charge in [0.1, 0.15) is 11.5 Å². The monoisotopic (exact) mass is 340 g/mol. The van der Waals surface area contributed by atoms with Gasteiger partial charge in [0.2, 0.25) is 5.69 Å². The molecular weight excluding hydrogens is 323 g/mol. The summed E-state index contributed by atoms with van der Waals surface area (Å²) in [4.78, 5) is 11.1. The van der Waals surface area contributed by atoms with Gasteiger partial charge in [-0.2, -0.15) is 0 Å². The SMILES string of the molecule is Cc1onc(C(=O)O)c1Nc1ccc(CCc2ccc(F)cc2)cc1. The van der Waals surface area contributed by atoms with E-state index in [4.69, 9.17) is 9.63 Å². The van der Waals surface area contributed by atoms with E-state index in [2.05, 4.69) is 10.5 Å². The van der Waals surface area contributed by atoms with E-state index in [1.165, 1.54) is 12.1 Å². The summed E-state index contributed by atoms with van der Waals surface area (Å²) in [5, 5.41) is 15.7. The number of anilines is 2. The average Bonchev–Trinajstić information content (AvgIpc) is 2.97. The first-order valence-corrected chi connectivity index (χ1v) is 7.83. The van der Waals surface area contributed by atoms with Crippen LogP contribution in [0.2, 0.25) is 0 Å². The summed E-state index contributed by atoms with van der Waals surface area (Å²) >= 11 is 0. The first-order chi connectivity index (χ1) is 12.0. The maximum Gasteiger partial charge on any atom is 0.360 e. The van der Waals surface area contributed by atoms with Crippen molar-refractivity contribution in [2.45, 2.75) is 19.8 Å². The minimum Gasteiger partial charge on any atom is -0.476 e. The lowest BCUT2D eigenvalue weighted by molar-refractivity contribution is 0.0686. The lowest BCUT2D eigenvalue weighted by atomic mass is 10.0. The molecule has 0 saturated heterocycles. The number of nitrogens with zero attached hydrogens (tertiary/aromatic N) is 1. The molecule has 0 bridgehead atoms. The van der Waals surface area contributed by atoms with Crippen LogP contribution in [-0.2, 0) is 12.8 Å². The topological polar surface area (TPSA) is 75.4 Å². The Morgan fingerprint density at radius 2 is 1.64 bits per heavy atom. The average molecular weight is 340 g/mol. The van der Waals surface area contributed by atoms with E-state index in [0.29, 0.717) is 11.4 Å². The molecule has 0 unspecified atom stereocenters. The van der Waals surface area contributed by atoms with Gasteiger partial charge in [0, 0.05) is 5.69 Å². The largest absolute Gasteiger partial charge is 0.476 e. The van der Waals surface area contributed by atoms with E-state index in [1.807, 2.05) is 24.3 Å². The number of aromatic nitrogens is 1. The highest BCUT2D eigenvalue weighted by molar-refractivity contribution is 5.93. The van der Waals surface area contributed by atoms with Crippen LogP contribution < -0.4 is 5.32 Å². The predicted octanol–water partition coefficient (Wildman–Crippen LogP) is 4.35. The molecule has 0 amide bonds. The number of benzene rings is 2. The van der Waals surface area contributed by atoms with Crippen LogP contribution in [0.15, 0.2) is 53.1 Å². The minimum atomic E-state index is -1.14. The molecule has 0 radical (unpaired) electrons. The highest BCUT2D eigenvalue weighted by Crippen LogP contribution is 2.25. The molecule has 1 aromatic heterocycles. The summed E-state index contributed by atoms with van der Waals surface area (Å²) in [6, 6.07) is 14.2. The number of aromatic carboxylic acids is 1. The van der Waals surface area contributed by atoms with Crippen molar-refractivity contribution in [3.8, 4) is 0 Å². The predicted molar refractivity (Wildman–Crippen MR) is 91.7 cm³/mol. The maximum atomic E-state index is 12.9. The number of aryl methyl sites for hydroxylation is 3. The molecule has 0 fully saturated rings. The van der Waals surface area contributed by atoms with Crippen molar-refractivity contribution in [2.24, 2.45) is 0 Å². The van der Waals surface area contributed by atoms with Gasteiger partial charge in [-0.05, 0) is 55.2 Å². The lowest BCUT2D eigenvalue weighted by Gasteiger charge is -2.07. The maximum absolute atomic E-state index is 12.9. The zero-order chi connectivity index (χ0) is 17.8. The van der Waals surface area contributed by atoms with Crippen molar-refractivity contribution >= 4 is 17.3 Å². The van der Waals surface area contributed by atoms with E-state index in [0.717, 1.165) is 29.7 Å². The van der Waals surface area contributed by atoms with Gasteiger partial charge in [0.25, 0.3) is 0 Å². The molecule has 0 atom stereocenters. The van der Waals surface area contributed by atoms with Gasteiger partial charge in [0.05, 0.1) is 0 Å². The normalized spacial score (nSPS) is 10.6. The highest BCUT2D eigenvalue weighted by atomic mass is 19.1. The van der Waals surface area contributed by atoms with Crippen molar-refractivity contribution in [1.29, 1.82) is 0 Å². The van der Waals surface area contributed by atoms with Crippen LogP contribution in [-0.4, -0.2) is 16.2 Å². The summed E-state index contributed by atoms with van der Waals surface area (Å²) in [5.74, 6) is -0.961. The number of hydrogen-bond acceptors (Lipinski definition) is 4. The smallest absolute Gasteiger partial charge is 0.360 e. The van der Waals surface area contributed by atoms with Crippen LogP contribution in [0.5, 0.6) is 0 Å².